The van der Waals surface area contributed by atoms with E-state index in [1.807, 2.05) is 0 Å². The molecular formula is C53H38Li6N4O22S4-2. The maximum absolute atomic E-state index is 13.9. The molecule has 1 heterocycles. The molecule has 0 spiro atoms. The largest absolute Gasteiger partial charge is 1.00 e. The van der Waals surface area contributed by atoms with Crippen LogP contribution in [0.25, 0.3) is 33.4 Å². The predicted molar refractivity (Wildman–Crippen MR) is 280 cm³/mol. The van der Waals surface area contributed by atoms with Gasteiger partial charge in [0, 0.05) is 45.1 Å². The minimum absolute atomic E-state index is 0. The van der Waals surface area contributed by atoms with Crippen molar-refractivity contribution in [1.29, 1.82) is 0 Å². The van der Waals surface area contributed by atoms with Crippen LogP contribution in [0.1, 0.15) is 64.5 Å². The van der Waals surface area contributed by atoms with Crippen LogP contribution < -0.4 is 154 Å². The Morgan fingerprint density at radius 3 is 1.65 bits per heavy atom. The van der Waals surface area contributed by atoms with Crippen molar-refractivity contribution in [3.05, 3.63) is 152 Å². The Morgan fingerprint density at radius 2 is 1.11 bits per heavy atom. The second-order valence-electron chi connectivity index (χ2n) is 18.0. The number of carboxylic acids is 3. The van der Waals surface area contributed by atoms with Crippen molar-refractivity contribution in [3.8, 4) is 33.9 Å². The minimum atomic E-state index is -5.57. The standard InChI is InChI=1S/C52H42N4O19S4.CH2O3.6Li/c1-23-15-25(3)47(55-76(65,66)42-18-29(50(59)60)11-14-37(42)57)27(5)45(23)53-31-12-13-32-38(20-31)75-39-22-36(41(79(72,73)74)21-34(39)44(32)33-9-7-8-10-40(33)78(69,70)71)54-46-24(2)16-26(4)48(28(46)6)56-77(67,68)43-19-30(51(61)62)17-35(49(43)58)52(63)64;2-1-4-3;;;;;;/h7-11,13,15-22,53,55-58H,1-6H3,(H,59,60)(H,61,62)(H,63,64)(H,69,70,71)(H,72,73,74);1,3H;;;;;;/q-2;;6*+1/p-6. The number of phenols is 2. The zero-order chi connectivity index (χ0) is 61.6. The number of rotatable bonds is 16. The van der Waals surface area contributed by atoms with E-state index >= 15 is 0 Å². The van der Waals surface area contributed by atoms with Gasteiger partial charge in [0.15, 0.2) is 0 Å². The Balaban J connectivity index is 0.00000384. The smallest absolute Gasteiger partial charge is 0.744 e. The van der Waals surface area contributed by atoms with Crippen LogP contribution in [0.4, 0.5) is 28.4 Å². The summed E-state index contributed by atoms with van der Waals surface area (Å²) in [7, 11) is -20.7. The zero-order valence-corrected chi connectivity index (χ0v) is 52.6. The second-order valence-corrected chi connectivity index (χ2v) is 24.0. The summed E-state index contributed by atoms with van der Waals surface area (Å²) in [6.45, 7) is 8.87. The number of aromatic hydroxyl groups is 2. The molecule has 26 nitrogen and oxygen atoms in total. The van der Waals surface area contributed by atoms with E-state index in [0.29, 0.717) is 35.0 Å². The molecule has 0 aromatic heterocycles. The molecule has 6 aromatic carbocycles. The summed E-state index contributed by atoms with van der Waals surface area (Å²) < 4.78 is 144. The van der Waals surface area contributed by atoms with Gasteiger partial charge in [-0.15, -0.1) is 23.8 Å². The first-order valence-corrected chi connectivity index (χ1v) is 28.9. The van der Waals surface area contributed by atoms with E-state index < -0.39 is 111 Å². The molecule has 434 valence electrons. The number of carboxylic acid groups (broad SMARTS) is 3. The molecule has 1 aliphatic heterocycles. The summed E-state index contributed by atoms with van der Waals surface area (Å²) in [4.78, 5) is 47.0. The number of carbonyl (C=O) groups excluding carboxylic acids is 4. The summed E-state index contributed by atoms with van der Waals surface area (Å²) in [6, 6.07) is 20.0. The van der Waals surface area contributed by atoms with Gasteiger partial charge in [0.1, 0.15) is 36.6 Å². The number of fused-ring (bicyclic) bond motifs is 2. The van der Waals surface area contributed by atoms with E-state index in [-0.39, 0.29) is 198 Å². The van der Waals surface area contributed by atoms with E-state index in [0.717, 1.165) is 24.3 Å². The molecule has 0 saturated heterocycles. The van der Waals surface area contributed by atoms with E-state index in [1.54, 1.807) is 26.8 Å². The molecule has 0 radical (unpaired) electrons. The van der Waals surface area contributed by atoms with Crippen LogP contribution >= 0.6 is 0 Å². The van der Waals surface area contributed by atoms with Crippen molar-refractivity contribution in [2.45, 2.75) is 61.1 Å². The van der Waals surface area contributed by atoms with E-state index in [4.69, 9.17) is 14.5 Å². The van der Waals surface area contributed by atoms with E-state index in [2.05, 4.69) is 36.8 Å². The van der Waals surface area contributed by atoms with Crippen LogP contribution in [0.3, 0.4) is 0 Å². The van der Waals surface area contributed by atoms with Gasteiger partial charge >= 0.3 is 113 Å². The molecule has 89 heavy (non-hydrogen) atoms. The molecule has 1 aliphatic carbocycles. The van der Waals surface area contributed by atoms with Crippen molar-refractivity contribution in [3.63, 3.8) is 0 Å². The number of phenolic OH excluding ortho intramolecular Hbond substituents is 1. The molecule has 0 saturated carbocycles. The number of aryl methyl sites for hydroxylation is 4. The number of benzene rings is 7. The van der Waals surface area contributed by atoms with Crippen molar-refractivity contribution >= 4 is 104 Å². The van der Waals surface area contributed by atoms with Gasteiger partial charge in [0.25, 0.3) is 16.5 Å². The SMILES string of the molecule is Cc1cc(C)c(NS(=O)(=O)c2cc(C(=O)[O-])cc(C(=O)[O-])c2O)c(C)c1N=c1cc2oc3cc(Nc4c(C)cc(C)c(NS(=O)(=O)c5cc(C(=O)[O-])c[c-]c5O)c4C)[c-]cc3c(-c3ccccc3S(=O)(=O)[O-])c-2cc1S(=O)(=O)[O-].O=CO[O-].[Li+].[Li+].[Li+].[Li+].[Li+].[Li+]. The molecule has 5 N–H and O–H groups in total. The van der Waals surface area contributed by atoms with Crippen LogP contribution in [0.5, 0.6) is 11.5 Å². The summed E-state index contributed by atoms with van der Waals surface area (Å²) in [5.41, 5.74) is -1.86. The van der Waals surface area contributed by atoms with Gasteiger partial charge in [-0.3, -0.25) is 14.2 Å². The molecular weight excluding hydrogens is 1210 g/mol. The van der Waals surface area contributed by atoms with Gasteiger partial charge in [0.2, 0.25) is 10.0 Å². The number of sulfonamides is 2. The Bertz CT molecular complexity index is 4630. The fourth-order valence-electron chi connectivity index (χ4n) is 8.94. The maximum atomic E-state index is 13.9. The molecule has 2 aliphatic rings. The third-order valence-electron chi connectivity index (χ3n) is 12.6. The number of hydrogen-bond acceptors (Lipinski definition) is 24. The van der Waals surface area contributed by atoms with Crippen LogP contribution in [0.2, 0.25) is 0 Å². The summed E-state index contributed by atoms with van der Waals surface area (Å²) in [5.74, 6) is -8.37. The first-order chi connectivity index (χ1) is 38.6. The van der Waals surface area contributed by atoms with Gasteiger partial charge in [-0.05, 0) is 110 Å². The van der Waals surface area contributed by atoms with Gasteiger partial charge < -0.3 is 68.9 Å². The molecule has 0 atom stereocenters. The van der Waals surface area contributed by atoms with Crippen LogP contribution in [-0.4, -0.2) is 77.4 Å². The number of aromatic carboxylic acids is 3. The minimum Gasteiger partial charge on any atom is -0.744 e. The third-order valence-corrected chi connectivity index (χ3v) is 17.1. The molecule has 8 rings (SSSR count). The van der Waals surface area contributed by atoms with Crippen LogP contribution in [0, 0.1) is 53.7 Å². The number of anilines is 4. The Hall–Kier alpha value is -5.85. The molecule has 0 unspecified atom stereocenters. The molecule has 0 amide bonds. The first-order valence-electron chi connectivity index (χ1n) is 23.2. The maximum Gasteiger partial charge on any atom is 1.00 e. The summed E-state index contributed by atoms with van der Waals surface area (Å²) >= 11 is 0. The van der Waals surface area contributed by atoms with Gasteiger partial charge in [-0.2, -0.15) is 18.2 Å². The average molecular weight is 1250 g/mol. The quantitative estimate of drug-likeness (QED) is 0.0114. The summed E-state index contributed by atoms with van der Waals surface area (Å²) in [5, 5.41) is 67.0. The Kier molecular flexibility index (Phi) is 28.7. The number of hydrogen-bond donors (Lipinski definition) is 5. The molecule has 0 bridgehead atoms. The van der Waals surface area contributed by atoms with Gasteiger partial charge in [-0.25, -0.2) is 38.7 Å². The number of carbonyl (C=O) groups is 4. The zero-order valence-electron chi connectivity index (χ0n) is 49.3. The predicted octanol–water partition coefficient (Wildman–Crippen LogP) is -16.0. The second kappa shape index (κ2) is 31.5. The monoisotopic (exact) mass is 1250 g/mol. The molecule has 36 heteroatoms. The van der Waals surface area contributed by atoms with Crippen LogP contribution in [-0.2, 0) is 50.0 Å². The van der Waals surface area contributed by atoms with Crippen molar-refractivity contribution in [2.75, 3.05) is 14.8 Å². The Labute approximate surface area is 580 Å². The normalized spacial score (nSPS) is 11.3. The first kappa shape index (κ1) is 81.2. The number of nitrogens with one attached hydrogen (secondary N) is 3. The third kappa shape index (κ3) is 17.4. The molecule has 0 fully saturated rings. The topological polar surface area (TPSA) is 454 Å². The fourth-order valence-corrected chi connectivity index (χ4v) is 12.9. The summed E-state index contributed by atoms with van der Waals surface area (Å²) in [6.07, 6.45) is 0. The average Bonchev–Trinajstić information content (AvgIpc) is 3.45. The van der Waals surface area contributed by atoms with Crippen molar-refractivity contribution in [1.82, 2.24) is 0 Å². The Morgan fingerprint density at radius 1 is 0.596 bits per heavy atom. The number of nitrogens with zero attached hydrogens (tertiary/aromatic N) is 1. The molecule has 6 aromatic rings. The van der Waals surface area contributed by atoms with Crippen LogP contribution in [0.15, 0.2) is 114 Å². The van der Waals surface area contributed by atoms with Crippen molar-refractivity contribution in [2.24, 2.45) is 4.99 Å². The van der Waals surface area contributed by atoms with Gasteiger partial charge in [-0.1, -0.05) is 47.0 Å². The van der Waals surface area contributed by atoms with E-state index in [9.17, 15) is 82.7 Å². The van der Waals surface area contributed by atoms with E-state index in [1.165, 1.54) is 57.2 Å². The van der Waals surface area contributed by atoms with Crippen molar-refractivity contribution < 1.29 is 215 Å². The fraction of sp³-hybridized carbons (Fsp3) is 0.113. The van der Waals surface area contributed by atoms with Gasteiger partial charge in [0.05, 0.1) is 44.1 Å².